The zero-order valence-electron chi connectivity index (χ0n) is 16.6. The summed E-state index contributed by atoms with van der Waals surface area (Å²) < 4.78 is 32.8. The molecule has 1 aliphatic rings. The zero-order valence-corrected chi connectivity index (χ0v) is 18.9. The van der Waals surface area contributed by atoms with Gasteiger partial charge in [0.1, 0.15) is 0 Å². The van der Waals surface area contributed by atoms with Crippen LogP contribution in [0.25, 0.3) is 0 Å². The molecule has 3 rings (SSSR count). The van der Waals surface area contributed by atoms with Crippen LogP contribution < -0.4 is 10.6 Å². The Bertz CT molecular complexity index is 1010. The van der Waals surface area contributed by atoms with Gasteiger partial charge in [0.15, 0.2) is 0 Å². The zero-order chi connectivity index (χ0) is 21.9. The average Bonchev–Trinajstić information content (AvgIpc) is 2.69. The molecule has 10 heteroatoms. The predicted octanol–water partition coefficient (Wildman–Crippen LogP) is 3.84. The van der Waals surface area contributed by atoms with Crippen LogP contribution in [0.2, 0.25) is 10.0 Å². The van der Waals surface area contributed by atoms with Crippen molar-refractivity contribution in [1.29, 1.82) is 0 Å². The van der Waals surface area contributed by atoms with E-state index >= 15 is 0 Å². The fourth-order valence-corrected chi connectivity index (χ4v) is 5.07. The first-order chi connectivity index (χ1) is 14.1. The molecule has 1 amide bonds. The van der Waals surface area contributed by atoms with Gasteiger partial charge >= 0.3 is 0 Å². The quantitative estimate of drug-likeness (QED) is 0.667. The highest BCUT2D eigenvalue weighted by atomic mass is 35.5. The SMILES string of the molecule is C[C@@H]1CN(S(=O)(=O)c2ccc(NCC(=O)Nc3ccc(Cl)c(Cl)c3)cc2)C[C@@H](C)O1. The second kappa shape index (κ2) is 9.53. The van der Waals surface area contributed by atoms with Gasteiger partial charge in [0.25, 0.3) is 0 Å². The maximum absolute atomic E-state index is 12.9. The van der Waals surface area contributed by atoms with Gasteiger partial charge in [0, 0.05) is 24.5 Å². The fraction of sp³-hybridized carbons (Fsp3) is 0.350. The lowest BCUT2D eigenvalue weighted by Gasteiger charge is -2.34. The third kappa shape index (κ3) is 5.65. The second-order valence-electron chi connectivity index (χ2n) is 7.13. The van der Waals surface area contributed by atoms with Crippen molar-refractivity contribution in [3.05, 3.63) is 52.5 Å². The highest BCUT2D eigenvalue weighted by Crippen LogP contribution is 2.25. The average molecular weight is 472 g/mol. The van der Waals surface area contributed by atoms with Crippen molar-refractivity contribution >= 4 is 50.5 Å². The summed E-state index contributed by atoms with van der Waals surface area (Å²) in [6.45, 7) is 4.36. The molecule has 2 atom stereocenters. The maximum atomic E-state index is 12.9. The number of ether oxygens (including phenoxy) is 1. The molecule has 0 aliphatic carbocycles. The van der Waals surface area contributed by atoms with Gasteiger partial charge in [-0.05, 0) is 56.3 Å². The standard InChI is InChI=1S/C20H23Cl2N3O4S/c1-13-11-25(12-14(2)29-13)30(27,28)17-6-3-15(4-7-17)23-10-20(26)24-16-5-8-18(21)19(22)9-16/h3-9,13-14,23H,10-12H2,1-2H3,(H,24,26)/t13-,14-/m1/s1. The minimum Gasteiger partial charge on any atom is -0.376 e. The normalized spacial score (nSPS) is 20.0. The van der Waals surface area contributed by atoms with Crippen molar-refractivity contribution in [2.45, 2.75) is 31.0 Å². The number of hydrogen-bond acceptors (Lipinski definition) is 5. The van der Waals surface area contributed by atoms with Crippen molar-refractivity contribution < 1.29 is 17.9 Å². The molecule has 0 aromatic heterocycles. The molecule has 2 aromatic rings. The van der Waals surface area contributed by atoms with Gasteiger partial charge in [-0.15, -0.1) is 0 Å². The minimum atomic E-state index is -3.60. The number of hydrogen-bond donors (Lipinski definition) is 2. The van der Waals surface area contributed by atoms with Crippen LogP contribution in [0, 0.1) is 0 Å². The molecule has 0 spiro atoms. The minimum absolute atomic E-state index is 0.00480. The second-order valence-corrected chi connectivity index (χ2v) is 9.89. The van der Waals surface area contributed by atoms with Crippen LogP contribution in [-0.2, 0) is 19.6 Å². The summed E-state index contributed by atoms with van der Waals surface area (Å²) >= 11 is 11.8. The summed E-state index contributed by atoms with van der Waals surface area (Å²) in [5.41, 5.74) is 1.16. The van der Waals surface area contributed by atoms with Gasteiger partial charge in [0.05, 0.1) is 33.7 Å². The van der Waals surface area contributed by atoms with E-state index in [4.69, 9.17) is 27.9 Å². The van der Waals surface area contributed by atoms with Gasteiger partial charge < -0.3 is 15.4 Å². The van der Waals surface area contributed by atoms with Crippen molar-refractivity contribution in [1.82, 2.24) is 4.31 Å². The van der Waals surface area contributed by atoms with E-state index in [0.29, 0.717) is 34.5 Å². The van der Waals surface area contributed by atoms with E-state index in [2.05, 4.69) is 10.6 Å². The Morgan fingerprint density at radius 1 is 1.03 bits per heavy atom. The predicted molar refractivity (Wildman–Crippen MR) is 119 cm³/mol. The van der Waals surface area contributed by atoms with E-state index in [9.17, 15) is 13.2 Å². The van der Waals surface area contributed by atoms with E-state index < -0.39 is 10.0 Å². The Balaban J connectivity index is 1.58. The number of anilines is 2. The molecule has 162 valence electrons. The van der Waals surface area contributed by atoms with Gasteiger partial charge in [0.2, 0.25) is 15.9 Å². The van der Waals surface area contributed by atoms with Crippen LogP contribution in [0.1, 0.15) is 13.8 Å². The van der Waals surface area contributed by atoms with Crippen molar-refractivity contribution in [2.75, 3.05) is 30.3 Å². The number of carbonyl (C=O) groups excluding carboxylic acids is 1. The Kier molecular flexibility index (Phi) is 7.26. The van der Waals surface area contributed by atoms with Crippen LogP contribution in [0.4, 0.5) is 11.4 Å². The number of rotatable bonds is 6. The third-order valence-electron chi connectivity index (χ3n) is 4.53. The summed E-state index contributed by atoms with van der Waals surface area (Å²) in [5.74, 6) is -0.277. The Hall–Kier alpha value is -1.84. The highest BCUT2D eigenvalue weighted by Gasteiger charge is 2.32. The molecule has 0 saturated carbocycles. The maximum Gasteiger partial charge on any atom is 0.243 e. The molecule has 2 N–H and O–H groups in total. The van der Waals surface area contributed by atoms with Crippen LogP contribution in [0.3, 0.4) is 0 Å². The van der Waals surface area contributed by atoms with Crippen molar-refractivity contribution in [2.24, 2.45) is 0 Å². The molecule has 0 bridgehead atoms. The summed E-state index contributed by atoms with van der Waals surface area (Å²) in [6, 6.07) is 11.1. The molecule has 2 aromatic carbocycles. The largest absolute Gasteiger partial charge is 0.376 e. The van der Waals surface area contributed by atoms with E-state index in [1.807, 2.05) is 13.8 Å². The lowest BCUT2D eigenvalue weighted by Crippen LogP contribution is -2.48. The number of amides is 1. The van der Waals surface area contributed by atoms with Crippen LogP contribution >= 0.6 is 23.2 Å². The molecule has 0 radical (unpaired) electrons. The van der Waals surface area contributed by atoms with Gasteiger partial charge in [-0.1, -0.05) is 23.2 Å². The summed E-state index contributed by atoms with van der Waals surface area (Å²) in [7, 11) is -3.60. The molecular weight excluding hydrogens is 449 g/mol. The Morgan fingerprint density at radius 2 is 1.63 bits per heavy atom. The molecule has 1 fully saturated rings. The summed E-state index contributed by atoms with van der Waals surface area (Å²) in [5, 5.41) is 6.43. The first-order valence-electron chi connectivity index (χ1n) is 9.39. The Labute approximate surface area is 186 Å². The first kappa shape index (κ1) is 22.8. The van der Waals surface area contributed by atoms with Gasteiger partial charge in [-0.3, -0.25) is 4.79 Å². The number of morpholine rings is 1. The summed E-state index contributed by atoms with van der Waals surface area (Å²) in [4.78, 5) is 12.3. The van der Waals surface area contributed by atoms with Gasteiger partial charge in [-0.25, -0.2) is 8.42 Å². The third-order valence-corrected chi connectivity index (χ3v) is 7.12. The first-order valence-corrected chi connectivity index (χ1v) is 11.6. The number of benzene rings is 2. The van der Waals surface area contributed by atoms with Crippen LogP contribution in [-0.4, -0.2) is 50.5 Å². The molecule has 30 heavy (non-hydrogen) atoms. The van der Waals surface area contributed by atoms with Crippen molar-refractivity contribution in [3.8, 4) is 0 Å². The number of nitrogens with zero attached hydrogens (tertiary/aromatic N) is 1. The number of halogens is 2. The number of sulfonamides is 1. The molecule has 0 unspecified atom stereocenters. The summed E-state index contributed by atoms with van der Waals surface area (Å²) in [6.07, 6.45) is -0.308. The number of nitrogens with one attached hydrogen (secondary N) is 2. The molecule has 1 saturated heterocycles. The van der Waals surface area contributed by atoms with E-state index in [1.165, 1.54) is 16.4 Å². The topological polar surface area (TPSA) is 87.7 Å². The van der Waals surface area contributed by atoms with Crippen LogP contribution in [0.15, 0.2) is 47.4 Å². The molecule has 7 nitrogen and oxygen atoms in total. The van der Waals surface area contributed by atoms with E-state index in [1.54, 1.807) is 30.3 Å². The molecular formula is C20H23Cl2N3O4S. The van der Waals surface area contributed by atoms with E-state index in [-0.39, 0.29) is 29.6 Å². The lowest BCUT2D eigenvalue weighted by molar-refractivity contribution is -0.114. The van der Waals surface area contributed by atoms with Crippen molar-refractivity contribution in [3.63, 3.8) is 0 Å². The number of carbonyl (C=O) groups is 1. The van der Waals surface area contributed by atoms with E-state index in [0.717, 1.165) is 0 Å². The van der Waals surface area contributed by atoms with Gasteiger partial charge in [-0.2, -0.15) is 4.31 Å². The lowest BCUT2D eigenvalue weighted by atomic mass is 10.3. The highest BCUT2D eigenvalue weighted by molar-refractivity contribution is 7.89. The Morgan fingerprint density at radius 3 is 2.23 bits per heavy atom. The molecule has 1 aliphatic heterocycles. The molecule has 1 heterocycles. The monoisotopic (exact) mass is 471 g/mol. The fourth-order valence-electron chi connectivity index (χ4n) is 3.18. The van der Waals surface area contributed by atoms with Crippen LogP contribution in [0.5, 0.6) is 0 Å². The smallest absolute Gasteiger partial charge is 0.243 e.